The van der Waals surface area contributed by atoms with Crippen molar-refractivity contribution in [1.82, 2.24) is 9.88 Å². The Kier molecular flexibility index (Phi) is 5.43. The lowest BCUT2D eigenvalue weighted by Crippen LogP contribution is -2.30. The van der Waals surface area contributed by atoms with Crippen molar-refractivity contribution < 1.29 is 4.79 Å². The highest BCUT2D eigenvalue weighted by molar-refractivity contribution is 5.92. The van der Waals surface area contributed by atoms with Crippen LogP contribution in [-0.4, -0.2) is 29.4 Å². The minimum Gasteiger partial charge on any atom is -0.326 e. The van der Waals surface area contributed by atoms with Crippen LogP contribution in [0, 0.1) is 0 Å². The van der Waals surface area contributed by atoms with Gasteiger partial charge in [0.25, 0.3) is 0 Å². The number of hydrogen-bond donors (Lipinski definition) is 2. The summed E-state index contributed by atoms with van der Waals surface area (Å²) in [6.07, 6.45) is 3.50. The van der Waals surface area contributed by atoms with E-state index in [1.54, 1.807) is 12.4 Å². The molecule has 0 radical (unpaired) electrons. The maximum absolute atomic E-state index is 12.1. The van der Waals surface area contributed by atoms with Crippen LogP contribution in [0.5, 0.6) is 0 Å². The minimum atomic E-state index is -0.0487. The summed E-state index contributed by atoms with van der Waals surface area (Å²) in [6.45, 7) is 1.43. The highest BCUT2D eigenvalue weighted by Gasteiger charge is 2.09. The number of pyridine rings is 1. The molecule has 5 heteroatoms. The number of hydrogen-bond acceptors (Lipinski definition) is 4. The summed E-state index contributed by atoms with van der Waals surface area (Å²) in [5.41, 5.74) is 8.50. The predicted molar refractivity (Wildman–Crippen MR) is 83.5 cm³/mol. The molecular formula is C16H20N4O. The summed E-state index contributed by atoms with van der Waals surface area (Å²) < 4.78 is 0. The molecule has 110 valence electrons. The van der Waals surface area contributed by atoms with Crippen LogP contribution in [0.25, 0.3) is 0 Å². The fraction of sp³-hybridized carbons (Fsp3) is 0.250. The van der Waals surface area contributed by atoms with Gasteiger partial charge in [0.1, 0.15) is 0 Å². The van der Waals surface area contributed by atoms with Crippen molar-refractivity contribution in [1.29, 1.82) is 0 Å². The van der Waals surface area contributed by atoms with Crippen LogP contribution in [0.2, 0.25) is 0 Å². The van der Waals surface area contributed by atoms with Crippen molar-refractivity contribution in [2.45, 2.75) is 13.1 Å². The number of nitrogens with two attached hydrogens (primary N) is 1. The second kappa shape index (κ2) is 7.52. The summed E-state index contributed by atoms with van der Waals surface area (Å²) >= 11 is 0. The van der Waals surface area contributed by atoms with Crippen molar-refractivity contribution in [3.05, 3.63) is 59.9 Å². The molecule has 0 aliphatic heterocycles. The van der Waals surface area contributed by atoms with Crippen LogP contribution in [0.1, 0.15) is 11.1 Å². The first kappa shape index (κ1) is 15.2. The average Bonchev–Trinajstić information content (AvgIpc) is 2.48. The third-order valence-electron chi connectivity index (χ3n) is 3.13. The summed E-state index contributed by atoms with van der Waals surface area (Å²) in [7, 11) is 1.91. The molecule has 0 unspecified atom stereocenters. The van der Waals surface area contributed by atoms with Crippen molar-refractivity contribution in [3.8, 4) is 0 Å². The largest absolute Gasteiger partial charge is 0.326 e. The molecule has 0 saturated carbocycles. The van der Waals surface area contributed by atoms with Gasteiger partial charge in [-0.05, 0) is 36.4 Å². The van der Waals surface area contributed by atoms with Crippen LogP contribution < -0.4 is 11.1 Å². The van der Waals surface area contributed by atoms with Gasteiger partial charge in [-0.15, -0.1) is 0 Å². The molecule has 0 saturated heterocycles. The van der Waals surface area contributed by atoms with E-state index < -0.39 is 0 Å². The second-order valence-corrected chi connectivity index (χ2v) is 4.94. The predicted octanol–water partition coefficient (Wildman–Crippen LogP) is 1.61. The molecule has 0 aliphatic rings. The first-order chi connectivity index (χ1) is 10.2. The SMILES string of the molecule is CN(CC(=O)Nc1ccccc1CN)Cc1ccncc1. The summed E-state index contributed by atoms with van der Waals surface area (Å²) in [5.74, 6) is -0.0487. The number of likely N-dealkylation sites (N-methyl/N-ethyl adjacent to an activating group) is 1. The van der Waals surface area contributed by atoms with Gasteiger partial charge in [-0.3, -0.25) is 14.7 Å². The van der Waals surface area contributed by atoms with Gasteiger partial charge in [0.15, 0.2) is 0 Å². The number of benzene rings is 1. The van der Waals surface area contributed by atoms with Crippen molar-refractivity contribution in [2.75, 3.05) is 18.9 Å². The highest BCUT2D eigenvalue weighted by atomic mass is 16.2. The Hall–Kier alpha value is -2.24. The van der Waals surface area contributed by atoms with Crippen molar-refractivity contribution in [2.24, 2.45) is 5.73 Å². The Balaban J connectivity index is 1.89. The van der Waals surface area contributed by atoms with E-state index >= 15 is 0 Å². The Morgan fingerprint density at radius 3 is 2.67 bits per heavy atom. The van der Waals surface area contributed by atoms with E-state index in [2.05, 4.69) is 10.3 Å². The monoisotopic (exact) mass is 284 g/mol. The van der Waals surface area contributed by atoms with Crippen LogP contribution in [0.15, 0.2) is 48.8 Å². The third kappa shape index (κ3) is 4.66. The van der Waals surface area contributed by atoms with E-state index in [1.807, 2.05) is 48.3 Å². The number of nitrogens with zero attached hydrogens (tertiary/aromatic N) is 2. The summed E-state index contributed by atoms with van der Waals surface area (Å²) in [5, 5.41) is 2.91. The first-order valence-electron chi connectivity index (χ1n) is 6.84. The fourth-order valence-electron chi connectivity index (χ4n) is 2.11. The molecule has 0 aliphatic carbocycles. The number of para-hydroxylation sites is 1. The molecule has 1 amide bonds. The molecule has 1 aromatic carbocycles. The lowest BCUT2D eigenvalue weighted by atomic mass is 10.2. The molecule has 0 spiro atoms. The van der Waals surface area contributed by atoms with Gasteiger partial charge < -0.3 is 11.1 Å². The number of carbonyl (C=O) groups excluding carboxylic acids is 1. The normalized spacial score (nSPS) is 10.6. The number of carbonyl (C=O) groups is 1. The van der Waals surface area contributed by atoms with Gasteiger partial charge in [0.05, 0.1) is 6.54 Å². The quantitative estimate of drug-likeness (QED) is 0.845. The summed E-state index contributed by atoms with van der Waals surface area (Å²) in [4.78, 5) is 18.0. The molecule has 5 nitrogen and oxygen atoms in total. The van der Waals surface area contributed by atoms with Crippen molar-refractivity contribution >= 4 is 11.6 Å². The van der Waals surface area contributed by atoms with Gasteiger partial charge in [0.2, 0.25) is 5.91 Å². The van der Waals surface area contributed by atoms with Gasteiger partial charge in [-0.1, -0.05) is 18.2 Å². The summed E-state index contributed by atoms with van der Waals surface area (Å²) in [6, 6.07) is 11.5. The molecule has 2 aromatic rings. The van der Waals surface area contributed by atoms with Crippen LogP contribution in [-0.2, 0) is 17.9 Å². The lowest BCUT2D eigenvalue weighted by molar-refractivity contribution is -0.117. The van der Waals surface area contributed by atoms with E-state index in [4.69, 9.17) is 5.73 Å². The van der Waals surface area contributed by atoms with E-state index in [9.17, 15) is 4.79 Å². The molecule has 1 aromatic heterocycles. The van der Waals surface area contributed by atoms with E-state index in [0.717, 1.165) is 16.8 Å². The molecule has 2 rings (SSSR count). The molecule has 21 heavy (non-hydrogen) atoms. The Labute approximate surface area is 124 Å². The maximum atomic E-state index is 12.1. The van der Waals surface area contributed by atoms with Gasteiger partial charge in [0, 0.05) is 31.2 Å². The number of nitrogens with one attached hydrogen (secondary N) is 1. The van der Waals surface area contributed by atoms with E-state index in [-0.39, 0.29) is 5.91 Å². The van der Waals surface area contributed by atoms with E-state index in [0.29, 0.717) is 19.6 Å². The van der Waals surface area contributed by atoms with Crippen LogP contribution in [0.4, 0.5) is 5.69 Å². The highest BCUT2D eigenvalue weighted by Crippen LogP contribution is 2.14. The Bertz CT molecular complexity index is 586. The number of aromatic nitrogens is 1. The molecule has 1 heterocycles. The zero-order chi connectivity index (χ0) is 15.1. The maximum Gasteiger partial charge on any atom is 0.238 e. The number of anilines is 1. The standard InChI is InChI=1S/C16H20N4O/c1-20(11-13-6-8-18-9-7-13)12-16(21)19-15-5-3-2-4-14(15)10-17/h2-9H,10-12,17H2,1H3,(H,19,21). The average molecular weight is 284 g/mol. The zero-order valence-electron chi connectivity index (χ0n) is 12.1. The Morgan fingerprint density at radius 2 is 1.95 bits per heavy atom. The van der Waals surface area contributed by atoms with Crippen LogP contribution >= 0.6 is 0 Å². The molecule has 0 fully saturated rings. The smallest absolute Gasteiger partial charge is 0.238 e. The van der Waals surface area contributed by atoms with Gasteiger partial charge in [-0.2, -0.15) is 0 Å². The number of amides is 1. The number of rotatable bonds is 6. The minimum absolute atomic E-state index is 0.0487. The van der Waals surface area contributed by atoms with Gasteiger partial charge in [-0.25, -0.2) is 0 Å². The molecule has 0 bridgehead atoms. The van der Waals surface area contributed by atoms with Crippen LogP contribution in [0.3, 0.4) is 0 Å². The zero-order valence-corrected chi connectivity index (χ0v) is 12.1. The van der Waals surface area contributed by atoms with Gasteiger partial charge >= 0.3 is 0 Å². The third-order valence-corrected chi connectivity index (χ3v) is 3.13. The Morgan fingerprint density at radius 1 is 1.24 bits per heavy atom. The lowest BCUT2D eigenvalue weighted by Gasteiger charge is -2.17. The molecule has 0 atom stereocenters. The molecule has 3 N–H and O–H groups in total. The topological polar surface area (TPSA) is 71.2 Å². The van der Waals surface area contributed by atoms with Crippen molar-refractivity contribution in [3.63, 3.8) is 0 Å². The second-order valence-electron chi connectivity index (χ2n) is 4.94. The van der Waals surface area contributed by atoms with E-state index in [1.165, 1.54) is 0 Å². The molecular weight excluding hydrogens is 264 g/mol. The fourth-order valence-corrected chi connectivity index (χ4v) is 2.11. The first-order valence-corrected chi connectivity index (χ1v) is 6.84.